The molecule has 4 radical (unpaired) electrons. The predicted octanol–water partition coefficient (Wildman–Crippen LogP) is 3.39. The van der Waals surface area contributed by atoms with E-state index in [1.807, 2.05) is 0 Å². The van der Waals surface area contributed by atoms with Gasteiger partial charge in [-0.2, -0.15) is 28.1 Å². The lowest BCUT2D eigenvalue weighted by molar-refractivity contribution is -0.138. The lowest BCUT2D eigenvalue weighted by Crippen LogP contribution is -2.44. The molecule has 1 aromatic heterocycles. The van der Waals surface area contributed by atoms with Gasteiger partial charge in [0.1, 0.15) is 11.9 Å². The summed E-state index contributed by atoms with van der Waals surface area (Å²) in [7, 11) is 12.9. The summed E-state index contributed by atoms with van der Waals surface area (Å²) >= 11 is 0. The molecule has 0 amide bonds. The molecule has 2 N–H and O–H groups in total. The van der Waals surface area contributed by atoms with E-state index in [-0.39, 0.29) is 30.2 Å². The van der Waals surface area contributed by atoms with Gasteiger partial charge in [0.2, 0.25) is 11.9 Å². The van der Waals surface area contributed by atoms with Crippen LogP contribution < -0.4 is 10.6 Å². The van der Waals surface area contributed by atoms with Crippen molar-refractivity contribution >= 4 is 33.2 Å². The Morgan fingerprint density at radius 1 is 1.13 bits per heavy atom. The van der Waals surface area contributed by atoms with E-state index in [9.17, 15) is 22.0 Å². The van der Waals surface area contributed by atoms with E-state index in [4.69, 9.17) is 20.4 Å². The molecule has 0 unspecified atom stereocenters. The van der Waals surface area contributed by atoms with Crippen LogP contribution in [-0.2, 0) is 4.74 Å². The molecule has 1 fully saturated rings. The summed E-state index contributed by atoms with van der Waals surface area (Å²) in [6.45, 7) is 0.849. The molecule has 0 saturated heterocycles. The van der Waals surface area contributed by atoms with Gasteiger partial charge in [-0.1, -0.05) is 11.6 Å². The molecule has 0 bridgehead atoms. The highest BCUT2D eigenvalue weighted by Gasteiger charge is 2.46. The number of hydrogen-bond donors (Lipinski definition) is 2. The lowest BCUT2D eigenvalue weighted by atomic mass is 9.47. The zero-order valence-electron chi connectivity index (χ0n) is 16.7. The minimum atomic E-state index is -4.61. The Kier molecular flexibility index (Phi) is 6.25. The summed E-state index contributed by atoms with van der Waals surface area (Å²) in [5.74, 6) is -4.71. The topological polar surface area (TPSA) is 72.0 Å². The van der Waals surface area contributed by atoms with E-state index in [2.05, 4.69) is 25.6 Å². The number of nitrogens with zero attached hydrogens (tertiary/aromatic N) is 3. The van der Waals surface area contributed by atoms with Gasteiger partial charge in [0.15, 0.2) is 5.82 Å². The Labute approximate surface area is 177 Å². The molecular weight excluding hydrogens is 426 g/mol. The first-order valence-electron chi connectivity index (χ1n) is 9.45. The normalized spacial score (nSPS) is 24.5. The van der Waals surface area contributed by atoms with Crippen molar-refractivity contribution in [3.63, 3.8) is 0 Å². The van der Waals surface area contributed by atoms with Crippen LogP contribution in [0.15, 0.2) is 5.83 Å². The molecule has 31 heavy (non-hydrogen) atoms. The molecular formula is C17H19B2F6N5O. The van der Waals surface area contributed by atoms with Gasteiger partial charge in [-0.15, -0.1) is 0 Å². The van der Waals surface area contributed by atoms with Crippen LogP contribution in [-0.4, -0.2) is 68.0 Å². The molecule has 0 aliphatic heterocycles. The number of methoxy groups -OCH3 is 1. The van der Waals surface area contributed by atoms with Crippen LogP contribution in [0, 0.1) is 0 Å². The molecule has 0 aromatic carbocycles. The van der Waals surface area contributed by atoms with Gasteiger partial charge in [0.05, 0.1) is 21.8 Å². The average molecular weight is 445 g/mol. The summed E-state index contributed by atoms with van der Waals surface area (Å²) < 4.78 is 85.2. The standard InChI is InChI=1S/C17H19B2F6N5O/c1-7(17(23,24)25)26-13-28-12(9-3-4-16(18,19)11(31-2)10(9)20)29-14(30-13)27-8-5-15(21,22)6-8/h7-8,11H,3-6H2,1-2H3,(H2,26,27,28,29,30)/t7-,11-/m0/s1. The first kappa shape index (κ1) is 23.7. The van der Waals surface area contributed by atoms with Gasteiger partial charge in [0, 0.05) is 31.6 Å². The number of halogens is 6. The maximum atomic E-state index is 15.0. The molecule has 2 aliphatic carbocycles. The zero-order valence-corrected chi connectivity index (χ0v) is 16.7. The Bertz CT molecular complexity index is 858. The third-order valence-electron chi connectivity index (χ3n) is 5.22. The average Bonchev–Trinajstić information content (AvgIpc) is 2.59. The largest absolute Gasteiger partial charge is 0.408 e. The number of allylic oxidation sites excluding steroid dienone is 1. The maximum Gasteiger partial charge on any atom is 0.408 e. The van der Waals surface area contributed by atoms with E-state index >= 15 is 4.39 Å². The van der Waals surface area contributed by atoms with Crippen molar-refractivity contribution in [2.45, 2.75) is 68.1 Å². The number of nitrogens with one attached hydrogen (secondary N) is 2. The van der Waals surface area contributed by atoms with Crippen molar-refractivity contribution < 1.29 is 31.1 Å². The Hall–Kier alpha value is -1.98. The van der Waals surface area contributed by atoms with Gasteiger partial charge in [-0.25, -0.2) is 13.2 Å². The van der Waals surface area contributed by atoms with Crippen molar-refractivity contribution in [2.24, 2.45) is 0 Å². The molecule has 0 spiro atoms. The summed E-state index contributed by atoms with van der Waals surface area (Å²) in [6.07, 6.45) is -6.83. The van der Waals surface area contributed by atoms with E-state index < -0.39 is 60.1 Å². The molecule has 1 aromatic rings. The number of anilines is 2. The number of rotatable bonds is 6. The van der Waals surface area contributed by atoms with Crippen LogP contribution in [0.5, 0.6) is 0 Å². The third-order valence-corrected chi connectivity index (χ3v) is 5.22. The van der Waals surface area contributed by atoms with Crippen molar-refractivity contribution in [1.29, 1.82) is 0 Å². The third kappa shape index (κ3) is 5.27. The van der Waals surface area contributed by atoms with Crippen LogP contribution in [0.2, 0.25) is 5.21 Å². The predicted molar refractivity (Wildman–Crippen MR) is 103 cm³/mol. The maximum absolute atomic E-state index is 15.0. The van der Waals surface area contributed by atoms with Crippen LogP contribution in [0.25, 0.3) is 5.57 Å². The SMILES string of the molecule is [B]C1([B])CCC(c2nc(NC3CC(F)(F)C3)nc(N[C@@H](C)C(F)(F)F)n2)=C(F)[C@@H]1OC. The first-order valence-corrected chi connectivity index (χ1v) is 9.45. The summed E-state index contributed by atoms with van der Waals surface area (Å²) in [6, 6.07) is -2.71. The van der Waals surface area contributed by atoms with E-state index in [1.54, 1.807) is 0 Å². The summed E-state index contributed by atoms with van der Waals surface area (Å²) in [4.78, 5) is 11.8. The molecule has 14 heteroatoms. The second-order valence-corrected chi connectivity index (χ2v) is 7.87. The molecule has 2 aliphatic rings. The Morgan fingerprint density at radius 3 is 2.29 bits per heavy atom. The van der Waals surface area contributed by atoms with Crippen molar-refractivity contribution in [3.8, 4) is 0 Å². The highest BCUT2D eigenvalue weighted by molar-refractivity contribution is 6.40. The molecule has 6 nitrogen and oxygen atoms in total. The van der Waals surface area contributed by atoms with E-state index in [0.29, 0.717) is 0 Å². The first-order chi connectivity index (χ1) is 14.2. The number of hydrogen-bond acceptors (Lipinski definition) is 6. The minimum Gasteiger partial charge on any atom is -0.375 e. The van der Waals surface area contributed by atoms with Crippen LogP contribution in [0.1, 0.15) is 38.4 Å². The second-order valence-electron chi connectivity index (χ2n) is 7.87. The fourth-order valence-electron chi connectivity index (χ4n) is 3.39. The molecule has 166 valence electrons. The van der Waals surface area contributed by atoms with Crippen molar-refractivity contribution in [3.05, 3.63) is 11.7 Å². The number of ether oxygens (including phenoxy) is 1. The van der Waals surface area contributed by atoms with E-state index in [1.165, 1.54) is 7.11 Å². The van der Waals surface area contributed by atoms with Crippen LogP contribution in [0.4, 0.5) is 38.2 Å². The second kappa shape index (κ2) is 8.18. The summed E-state index contributed by atoms with van der Waals surface area (Å²) in [5.41, 5.74) is -0.0644. The lowest BCUT2D eigenvalue weighted by Gasteiger charge is -2.38. The Balaban J connectivity index is 1.96. The monoisotopic (exact) mass is 445 g/mol. The van der Waals surface area contributed by atoms with Gasteiger partial charge in [-0.3, -0.25) is 0 Å². The zero-order chi connectivity index (χ0) is 23.2. The van der Waals surface area contributed by atoms with Crippen molar-refractivity contribution in [2.75, 3.05) is 17.7 Å². The van der Waals surface area contributed by atoms with Crippen LogP contribution >= 0.6 is 0 Å². The fourth-order valence-corrected chi connectivity index (χ4v) is 3.39. The van der Waals surface area contributed by atoms with Crippen LogP contribution in [0.3, 0.4) is 0 Å². The molecule has 3 rings (SSSR count). The van der Waals surface area contributed by atoms with Gasteiger partial charge in [-0.05, 0) is 13.3 Å². The fraction of sp³-hybridized carbons (Fsp3) is 0.706. The smallest absolute Gasteiger partial charge is 0.375 e. The van der Waals surface area contributed by atoms with Crippen molar-refractivity contribution in [1.82, 2.24) is 15.0 Å². The number of alkyl halides is 5. The molecule has 1 heterocycles. The highest BCUT2D eigenvalue weighted by Crippen LogP contribution is 2.45. The molecule has 2 atom stereocenters. The minimum absolute atomic E-state index is 0.0160. The molecule has 1 saturated carbocycles. The van der Waals surface area contributed by atoms with E-state index in [0.717, 1.165) is 6.92 Å². The van der Waals surface area contributed by atoms with Gasteiger partial charge >= 0.3 is 6.18 Å². The number of aromatic nitrogens is 3. The Morgan fingerprint density at radius 2 is 1.74 bits per heavy atom. The summed E-state index contributed by atoms with van der Waals surface area (Å²) in [5, 5.41) is 3.22. The highest BCUT2D eigenvalue weighted by atomic mass is 19.4. The quantitative estimate of drug-likeness (QED) is 0.517. The van der Waals surface area contributed by atoms with Gasteiger partial charge in [0.25, 0.3) is 5.92 Å². The van der Waals surface area contributed by atoms with Gasteiger partial charge < -0.3 is 15.4 Å².